The summed E-state index contributed by atoms with van der Waals surface area (Å²) in [5, 5.41) is 0.918. The number of pyridine rings is 1. The number of hydrogen-bond acceptors (Lipinski definition) is 2. The van der Waals surface area contributed by atoms with Gasteiger partial charge in [0.1, 0.15) is 0 Å². The van der Waals surface area contributed by atoms with Gasteiger partial charge in [0.05, 0.1) is 16.8 Å². The summed E-state index contributed by atoms with van der Waals surface area (Å²) >= 11 is 0. The molecule has 2 atom stereocenters. The smallest absolute Gasteiger partial charge is 0.255 e. The molecule has 0 saturated heterocycles. The van der Waals surface area contributed by atoms with E-state index in [2.05, 4.69) is 46.8 Å². The van der Waals surface area contributed by atoms with Crippen LogP contribution in [0, 0.1) is 6.92 Å². The highest BCUT2D eigenvalue weighted by Gasteiger charge is 2.26. The van der Waals surface area contributed by atoms with Gasteiger partial charge in [-0.1, -0.05) is 56.3 Å². The lowest BCUT2D eigenvalue weighted by atomic mass is 9.99. The van der Waals surface area contributed by atoms with Crippen LogP contribution in [0.5, 0.6) is 0 Å². The van der Waals surface area contributed by atoms with Crippen molar-refractivity contribution in [1.82, 2.24) is 9.88 Å². The van der Waals surface area contributed by atoms with Crippen LogP contribution in [-0.2, 0) is 0 Å². The summed E-state index contributed by atoms with van der Waals surface area (Å²) in [5.41, 5.74) is 4.68. The molecule has 3 rings (SSSR count). The van der Waals surface area contributed by atoms with Crippen LogP contribution in [-0.4, -0.2) is 27.9 Å². The Morgan fingerprint density at radius 1 is 0.964 bits per heavy atom. The Labute approximate surface area is 168 Å². The van der Waals surface area contributed by atoms with Crippen molar-refractivity contribution in [2.45, 2.75) is 59.5 Å². The van der Waals surface area contributed by atoms with E-state index in [1.165, 1.54) is 0 Å². The highest BCUT2D eigenvalue weighted by molar-refractivity contribution is 6.07. The summed E-state index contributed by atoms with van der Waals surface area (Å²) in [7, 11) is 0. The highest BCUT2D eigenvalue weighted by Crippen LogP contribution is 2.29. The van der Waals surface area contributed by atoms with Gasteiger partial charge in [-0.2, -0.15) is 0 Å². The van der Waals surface area contributed by atoms with E-state index < -0.39 is 0 Å². The van der Waals surface area contributed by atoms with Gasteiger partial charge in [0, 0.05) is 23.0 Å². The Bertz CT molecular complexity index is 969. The second kappa shape index (κ2) is 8.55. The molecule has 146 valence electrons. The number of para-hydroxylation sites is 1. The number of carbonyl (C=O) groups is 1. The van der Waals surface area contributed by atoms with Gasteiger partial charge in [-0.15, -0.1) is 0 Å². The first-order chi connectivity index (χ1) is 13.5. The van der Waals surface area contributed by atoms with Crippen LogP contribution < -0.4 is 0 Å². The molecular formula is C25H30N2O. The zero-order chi connectivity index (χ0) is 20.3. The fourth-order valence-corrected chi connectivity index (χ4v) is 3.72. The first-order valence-electron chi connectivity index (χ1n) is 10.3. The van der Waals surface area contributed by atoms with Gasteiger partial charge in [-0.3, -0.25) is 4.79 Å². The molecule has 3 aromatic rings. The quantitative estimate of drug-likeness (QED) is 0.511. The van der Waals surface area contributed by atoms with E-state index in [0.717, 1.165) is 46.1 Å². The van der Waals surface area contributed by atoms with Crippen molar-refractivity contribution in [3.05, 3.63) is 65.7 Å². The van der Waals surface area contributed by atoms with Crippen molar-refractivity contribution in [3.63, 3.8) is 0 Å². The van der Waals surface area contributed by atoms with Crippen molar-refractivity contribution in [2.24, 2.45) is 0 Å². The van der Waals surface area contributed by atoms with Crippen LogP contribution in [0.25, 0.3) is 22.2 Å². The number of amides is 1. The average molecular weight is 375 g/mol. The Balaban J connectivity index is 2.21. The van der Waals surface area contributed by atoms with E-state index in [1.807, 2.05) is 47.4 Å². The lowest BCUT2D eigenvalue weighted by Crippen LogP contribution is -2.44. The zero-order valence-corrected chi connectivity index (χ0v) is 17.6. The van der Waals surface area contributed by atoms with Crippen molar-refractivity contribution in [2.75, 3.05) is 0 Å². The maximum Gasteiger partial charge on any atom is 0.255 e. The maximum absolute atomic E-state index is 13.7. The van der Waals surface area contributed by atoms with Gasteiger partial charge >= 0.3 is 0 Å². The fourth-order valence-electron chi connectivity index (χ4n) is 3.72. The van der Waals surface area contributed by atoms with E-state index >= 15 is 0 Å². The van der Waals surface area contributed by atoms with Crippen LogP contribution in [0.3, 0.4) is 0 Å². The monoisotopic (exact) mass is 374 g/mol. The Morgan fingerprint density at radius 3 is 2.21 bits per heavy atom. The van der Waals surface area contributed by atoms with E-state index in [4.69, 9.17) is 4.98 Å². The first-order valence-corrected chi connectivity index (χ1v) is 10.3. The fraction of sp³-hybridized carbons (Fsp3) is 0.360. The number of benzene rings is 2. The zero-order valence-electron chi connectivity index (χ0n) is 17.6. The van der Waals surface area contributed by atoms with E-state index in [-0.39, 0.29) is 18.0 Å². The van der Waals surface area contributed by atoms with Gasteiger partial charge in [0.25, 0.3) is 5.91 Å². The first kappa shape index (κ1) is 20.1. The minimum Gasteiger partial charge on any atom is -0.333 e. The molecule has 2 unspecified atom stereocenters. The van der Waals surface area contributed by atoms with Gasteiger partial charge in [-0.25, -0.2) is 4.98 Å². The van der Waals surface area contributed by atoms with Crippen LogP contribution in [0.4, 0.5) is 0 Å². The Hall–Kier alpha value is -2.68. The molecule has 0 fully saturated rings. The summed E-state index contributed by atoms with van der Waals surface area (Å²) in [6.45, 7) is 10.6. The Morgan fingerprint density at radius 2 is 1.57 bits per heavy atom. The highest BCUT2D eigenvalue weighted by atomic mass is 16.2. The SMILES string of the molecule is CCC(C)N(C(=O)c1cc(-c2ccccc2C)nc2ccccc12)C(C)CC. The molecule has 3 heteroatoms. The van der Waals surface area contributed by atoms with E-state index in [9.17, 15) is 4.79 Å². The molecule has 0 bridgehead atoms. The number of rotatable bonds is 6. The van der Waals surface area contributed by atoms with Crippen LogP contribution in [0.2, 0.25) is 0 Å². The molecule has 3 nitrogen and oxygen atoms in total. The Kier molecular flexibility index (Phi) is 6.13. The lowest BCUT2D eigenvalue weighted by Gasteiger charge is -2.34. The second-order valence-corrected chi connectivity index (χ2v) is 7.61. The van der Waals surface area contributed by atoms with Crippen molar-refractivity contribution in [3.8, 4) is 11.3 Å². The molecule has 2 aromatic carbocycles. The number of carbonyl (C=O) groups excluding carboxylic acids is 1. The average Bonchev–Trinajstić information content (AvgIpc) is 2.72. The lowest BCUT2D eigenvalue weighted by molar-refractivity contribution is 0.0600. The molecule has 0 saturated carbocycles. The number of nitrogens with zero attached hydrogens (tertiary/aromatic N) is 2. The summed E-state index contributed by atoms with van der Waals surface area (Å²) in [5.74, 6) is 0.0946. The number of aromatic nitrogens is 1. The van der Waals surface area contributed by atoms with Crippen molar-refractivity contribution < 1.29 is 4.79 Å². The largest absolute Gasteiger partial charge is 0.333 e. The molecule has 0 radical (unpaired) electrons. The number of hydrogen-bond donors (Lipinski definition) is 0. The molecule has 1 heterocycles. The summed E-state index contributed by atoms with van der Waals surface area (Å²) in [6, 6.07) is 18.5. The number of aryl methyl sites for hydroxylation is 1. The minimum atomic E-state index is 0.0946. The van der Waals surface area contributed by atoms with Crippen LogP contribution in [0.1, 0.15) is 56.5 Å². The second-order valence-electron chi connectivity index (χ2n) is 7.61. The van der Waals surface area contributed by atoms with Crippen molar-refractivity contribution in [1.29, 1.82) is 0 Å². The predicted molar refractivity (Wildman–Crippen MR) is 118 cm³/mol. The molecule has 1 amide bonds. The van der Waals surface area contributed by atoms with Gasteiger partial charge < -0.3 is 4.90 Å². The maximum atomic E-state index is 13.7. The normalized spacial score (nSPS) is 13.3. The summed E-state index contributed by atoms with van der Waals surface area (Å²) in [6.07, 6.45) is 1.87. The van der Waals surface area contributed by atoms with Gasteiger partial charge in [0.15, 0.2) is 0 Å². The topological polar surface area (TPSA) is 33.2 Å². The molecule has 0 spiro atoms. The molecule has 0 aliphatic rings. The summed E-state index contributed by atoms with van der Waals surface area (Å²) < 4.78 is 0. The van der Waals surface area contributed by atoms with Crippen molar-refractivity contribution >= 4 is 16.8 Å². The molecule has 0 N–H and O–H groups in total. The molecule has 0 aliphatic heterocycles. The molecule has 1 aromatic heterocycles. The third-order valence-corrected chi connectivity index (χ3v) is 5.73. The van der Waals surface area contributed by atoms with Gasteiger partial charge in [-0.05, 0) is 51.3 Å². The predicted octanol–water partition coefficient (Wildman–Crippen LogP) is 6.25. The molecule has 28 heavy (non-hydrogen) atoms. The number of fused-ring (bicyclic) bond motifs is 1. The minimum absolute atomic E-state index is 0.0946. The van der Waals surface area contributed by atoms with E-state index in [1.54, 1.807) is 0 Å². The third kappa shape index (κ3) is 3.80. The summed E-state index contributed by atoms with van der Waals surface area (Å²) in [4.78, 5) is 20.6. The third-order valence-electron chi connectivity index (χ3n) is 5.73. The van der Waals surface area contributed by atoms with Crippen LogP contribution >= 0.6 is 0 Å². The van der Waals surface area contributed by atoms with Gasteiger partial charge in [0.2, 0.25) is 0 Å². The standard InChI is InChI=1S/C25H30N2O/c1-6-18(4)27(19(5)7-2)25(28)22-16-24(20-13-9-8-12-17(20)3)26-23-15-11-10-14-21(22)23/h8-16,18-19H,6-7H2,1-5H3. The van der Waals surface area contributed by atoms with Crippen LogP contribution in [0.15, 0.2) is 54.6 Å². The van der Waals surface area contributed by atoms with E-state index in [0.29, 0.717) is 0 Å². The molecular weight excluding hydrogens is 344 g/mol. The molecule has 0 aliphatic carbocycles.